The lowest BCUT2D eigenvalue weighted by atomic mass is 9.94. The first-order valence-corrected chi connectivity index (χ1v) is 14.5. The minimum atomic E-state index is -3.82. The second kappa shape index (κ2) is 14.6. The maximum Gasteiger partial charge on any atom is 0.343 e. The highest BCUT2D eigenvalue weighted by molar-refractivity contribution is 7.55. The van der Waals surface area contributed by atoms with Crippen molar-refractivity contribution in [2.24, 2.45) is 0 Å². The maximum absolute atomic E-state index is 13.8. The van der Waals surface area contributed by atoms with Crippen LogP contribution in [-0.4, -0.2) is 37.3 Å². The summed E-state index contributed by atoms with van der Waals surface area (Å²) in [4.78, 5) is 25.6. The van der Waals surface area contributed by atoms with Crippen LogP contribution >= 0.6 is 7.60 Å². The van der Waals surface area contributed by atoms with E-state index in [0.717, 1.165) is 22.3 Å². The topological polar surface area (TPSA) is 90.9 Å². The van der Waals surface area contributed by atoms with Gasteiger partial charge in [0.25, 0.3) is 0 Å². The molecule has 3 rings (SSSR count). The number of carbonyl (C=O) groups is 2. The molecule has 3 aromatic rings. The highest BCUT2D eigenvalue weighted by Crippen LogP contribution is 2.57. The van der Waals surface area contributed by atoms with Gasteiger partial charge in [0.2, 0.25) is 5.91 Å². The SMILES string of the molecule is CCOP(=O)(OCC)C(C(=O)NCCC(=O)OCc1ccccc1)C(C)c1ccc(-c2ccccc2)cc1. The number of hydrogen-bond acceptors (Lipinski definition) is 6. The Morgan fingerprint density at radius 3 is 1.95 bits per heavy atom. The summed E-state index contributed by atoms with van der Waals surface area (Å²) in [7, 11) is -3.82. The number of benzene rings is 3. The lowest BCUT2D eigenvalue weighted by Crippen LogP contribution is -2.39. The molecule has 38 heavy (non-hydrogen) atoms. The number of rotatable bonds is 14. The number of nitrogens with one attached hydrogen (secondary N) is 1. The molecule has 0 saturated carbocycles. The van der Waals surface area contributed by atoms with Crippen molar-refractivity contribution in [1.82, 2.24) is 5.32 Å². The molecule has 3 aromatic carbocycles. The molecule has 1 N–H and O–H groups in total. The molecule has 0 aliphatic rings. The summed E-state index contributed by atoms with van der Waals surface area (Å²) < 4.78 is 30.3. The average molecular weight is 538 g/mol. The van der Waals surface area contributed by atoms with Crippen molar-refractivity contribution in [2.45, 2.75) is 45.4 Å². The Balaban J connectivity index is 1.71. The van der Waals surface area contributed by atoms with Crippen molar-refractivity contribution in [2.75, 3.05) is 19.8 Å². The van der Waals surface area contributed by atoms with Gasteiger partial charge < -0.3 is 19.1 Å². The van der Waals surface area contributed by atoms with Gasteiger partial charge in [0.15, 0.2) is 0 Å². The smallest absolute Gasteiger partial charge is 0.343 e. The summed E-state index contributed by atoms with van der Waals surface area (Å²) in [5, 5.41) is 2.75. The van der Waals surface area contributed by atoms with E-state index >= 15 is 0 Å². The van der Waals surface area contributed by atoms with Gasteiger partial charge >= 0.3 is 13.6 Å². The number of carbonyl (C=O) groups excluding carboxylic acids is 2. The first kappa shape index (κ1) is 29.3. The summed E-state index contributed by atoms with van der Waals surface area (Å²) in [6.07, 6.45) is -0.0149. The van der Waals surface area contributed by atoms with Crippen LogP contribution in [0, 0.1) is 0 Å². The van der Waals surface area contributed by atoms with E-state index in [9.17, 15) is 14.2 Å². The Kier molecular flexibility index (Phi) is 11.3. The molecule has 0 spiro atoms. The second-order valence-corrected chi connectivity index (χ2v) is 10.9. The second-order valence-electron chi connectivity index (χ2n) is 8.78. The molecule has 0 fully saturated rings. The molecule has 0 aliphatic carbocycles. The van der Waals surface area contributed by atoms with E-state index in [-0.39, 0.29) is 32.8 Å². The van der Waals surface area contributed by atoms with Crippen molar-refractivity contribution < 1.29 is 27.9 Å². The summed E-state index contributed by atoms with van der Waals surface area (Å²) in [5.41, 5.74) is 2.73. The Labute approximate surface area is 225 Å². The number of esters is 1. The van der Waals surface area contributed by atoms with Gasteiger partial charge in [0.05, 0.1) is 19.6 Å². The maximum atomic E-state index is 13.8. The lowest BCUT2D eigenvalue weighted by molar-refractivity contribution is -0.144. The fraction of sp³-hybridized carbons (Fsp3) is 0.333. The number of amides is 1. The van der Waals surface area contributed by atoms with Crippen LogP contribution in [0.1, 0.15) is 44.2 Å². The third kappa shape index (κ3) is 8.12. The first-order valence-electron chi connectivity index (χ1n) is 12.9. The van der Waals surface area contributed by atoms with E-state index in [2.05, 4.69) is 5.32 Å². The third-order valence-corrected chi connectivity index (χ3v) is 8.71. The van der Waals surface area contributed by atoms with Gasteiger partial charge in [-0.15, -0.1) is 0 Å². The third-order valence-electron chi connectivity index (χ3n) is 6.12. The quantitative estimate of drug-likeness (QED) is 0.191. The minimum Gasteiger partial charge on any atom is -0.461 e. The predicted molar refractivity (Wildman–Crippen MR) is 149 cm³/mol. The van der Waals surface area contributed by atoms with E-state index in [4.69, 9.17) is 13.8 Å². The van der Waals surface area contributed by atoms with Crippen LogP contribution in [0.15, 0.2) is 84.9 Å². The van der Waals surface area contributed by atoms with Gasteiger partial charge in [-0.2, -0.15) is 0 Å². The first-order chi connectivity index (χ1) is 18.4. The van der Waals surface area contributed by atoms with Crippen LogP contribution in [0.2, 0.25) is 0 Å². The number of hydrogen-bond donors (Lipinski definition) is 1. The van der Waals surface area contributed by atoms with Gasteiger partial charge in [-0.25, -0.2) is 0 Å². The highest BCUT2D eigenvalue weighted by Gasteiger charge is 2.45. The Morgan fingerprint density at radius 2 is 1.37 bits per heavy atom. The normalized spacial score (nSPS) is 12.9. The molecular weight excluding hydrogens is 501 g/mol. The highest BCUT2D eigenvalue weighted by atomic mass is 31.2. The summed E-state index contributed by atoms with van der Waals surface area (Å²) >= 11 is 0. The molecule has 0 radical (unpaired) electrons. The van der Waals surface area contributed by atoms with Crippen LogP contribution in [0.5, 0.6) is 0 Å². The monoisotopic (exact) mass is 537 g/mol. The fourth-order valence-electron chi connectivity index (χ4n) is 4.20. The molecule has 202 valence electrons. The van der Waals surface area contributed by atoms with Crippen LogP contribution < -0.4 is 5.32 Å². The Hall–Kier alpha value is -3.25. The van der Waals surface area contributed by atoms with Crippen molar-refractivity contribution in [1.29, 1.82) is 0 Å². The molecule has 1 amide bonds. The van der Waals surface area contributed by atoms with Crippen molar-refractivity contribution >= 4 is 19.5 Å². The number of ether oxygens (including phenoxy) is 1. The molecule has 2 atom stereocenters. The zero-order chi connectivity index (χ0) is 27.4. The molecule has 7 nitrogen and oxygen atoms in total. The molecule has 0 saturated heterocycles. The zero-order valence-corrected chi connectivity index (χ0v) is 23.1. The van der Waals surface area contributed by atoms with E-state index in [1.807, 2.05) is 91.9 Å². The standard InChI is InChI=1S/C30H36NO6P/c1-4-36-38(34,37-5-2)29(23(3)25-16-18-27(19-17-25)26-14-10-7-11-15-26)30(33)31-21-20-28(32)35-22-24-12-8-6-9-13-24/h6-19,23,29H,4-5,20-22H2,1-3H3,(H,31,33). The van der Waals surface area contributed by atoms with Crippen molar-refractivity contribution in [3.8, 4) is 11.1 Å². The molecule has 0 aromatic heterocycles. The van der Waals surface area contributed by atoms with E-state index in [0.29, 0.717) is 0 Å². The molecule has 2 unspecified atom stereocenters. The van der Waals surface area contributed by atoms with Gasteiger partial charge in [-0.3, -0.25) is 14.2 Å². The van der Waals surface area contributed by atoms with E-state index in [1.165, 1.54) is 0 Å². The molecule has 0 bridgehead atoms. The average Bonchev–Trinajstić information content (AvgIpc) is 2.93. The molecule has 8 heteroatoms. The minimum absolute atomic E-state index is 0.0149. The van der Waals surface area contributed by atoms with Gasteiger partial charge in [0, 0.05) is 12.5 Å². The van der Waals surface area contributed by atoms with Crippen molar-refractivity contribution in [3.63, 3.8) is 0 Å². The zero-order valence-electron chi connectivity index (χ0n) is 22.2. The van der Waals surface area contributed by atoms with E-state index < -0.39 is 31.0 Å². The molecular formula is C30H36NO6P. The molecule has 0 heterocycles. The summed E-state index contributed by atoms with van der Waals surface area (Å²) in [6, 6.07) is 27.1. The van der Waals surface area contributed by atoms with Gasteiger partial charge in [0.1, 0.15) is 12.3 Å². The summed E-state index contributed by atoms with van der Waals surface area (Å²) in [6.45, 7) is 5.72. The Bertz CT molecular complexity index is 1190. The fourth-order valence-corrected chi connectivity index (χ4v) is 6.41. The molecule has 0 aliphatic heterocycles. The van der Waals surface area contributed by atoms with Crippen LogP contribution in [0.3, 0.4) is 0 Å². The Morgan fingerprint density at radius 1 is 0.816 bits per heavy atom. The van der Waals surface area contributed by atoms with Crippen LogP contribution in [0.4, 0.5) is 0 Å². The predicted octanol–water partition coefficient (Wildman–Crippen LogP) is 6.34. The summed E-state index contributed by atoms with van der Waals surface area (Å²) in [5.74, 6) is -1.41. The van der Waals surface area contributed by atoms with E-state index in [1.54, 1.807) is 13.8 Å². The van der Waals surface area contributed by atoms with Crippen LogP contribution in [0.25, 0.3) is 11.1 Å². The van der Waals surface area contributed by atoms with Gasteiger partial charge in [-0.1, -0.05) is 91.9 Å². The largest absolute Gasteiger partial charge is 0.461 e. The van der Waals surface area contributed by atoms with Gasteiger partial charge in [-0.05, 0) is 36.1 Å². The van der Waals surface area contributed by atoms with Crippen LogP contribution in [-0.2, 0) is 34.5 Å². The van der Waals surface area contributed by atoms with Crippen molar-refractivity contribution in [3.05, 3.63) is 96.1 Å². The lowest BCUT2D eigenvalue weighted by Gasteiger charge is -2.30.